The largest absolute Gasteiger partial charge is 0.481 e. The molecule has 0 aliphatic heterocycles. The highest BCUT2D eigenvalue weighted by atomic mass is 35.5. The summed E-state index contributed by atoms with van der Waals surface area (Å²) < 4.78 is 10.9. The molecule has 1 aromatic heterocycles. The average molecular weight is 372 g/mol. The summed E-state index contributed by atoms with van der Waals surface area (Å²) >= 11 is 5.85. The average Bonchev–Trinajstić information content (AvgIpc) is 3.15. The van der Waals surface area contributed by atoms with Crippen molar-refractivity contribution in [2.24, 2.45) is 0 Å². The van der Waals surface area contributed by atoms with Gasteiger partial charge >= 0.3 is 0 Å². The van der Waals surface area contributed by atoms with Crippen LogP contribution in [0.5, 0.6) is 5.75 Å². The highest BCUT2D eigenvalue weighted by Gasteiger charge is 2.19. The molecule has 0 spiro atoms. The molecule has 0 saturated carbocycles. The van der Waals surface area contributed by atoms with Crippen molar-refractivity contribution in [3.63, 3.8) is 0 Å². The van der Waals surface area contributed by atoms with Gasteiger partial charge in [0.2, 0.25) is 11.7 Å². The minimum Gasteiger partial charge on any atom is -0.481 e. The number of halogens is 1. The van der Waals surface area contributed by atoms with Crippen LogP contribution in [-0.4, -0.2) is 22.2 Å². The quantitative estimate of drug-likeness (QED) is 0.682. The molecule has 0 unspecified atom stereocenters. The predicted octanol–water partition coefficient (Wildman–Crippen LogP) is 3.86. The Morgan fingerprint density at radius 3 is 2.62 bits per heavy atom. The number of nitrogens with one attached hydrogen (secondary N) is 1. The molecule has 134 valence electrons. The van der Waals surface area contributed by atoms with Gasteiger partial charge in [-0.3, -0.25) is 4.79 Å². The molecule has 3 rings (SSSR count). The van der Waals surface area contributed by atoms with Crippen molar-refractivity contribution >= 4 is 17.5 Å². The molecular formula is C19H18ClN3O3. The smallest absolute Gasteiger partial charge is 0.261 e. The van der Waals surface area contributed by atoms with Crippen LogP contribution < -0.4 is 10.1 Å². The van der Waals surface area contributed by atoms with Crippen molar-refractivity contribution in [2.75, 3.05) is 0 Å². The van der Waals surface area contributed by atoms with E-state index < -0.39 is 6.10 Å². The van der Waals surface area contributed by atoms with Gasteiger partial charge in [-0.15, -0.1) is 0 Å². The zero-order valence-corrected chi connectivity index (χ0v) is 14.9. The number of benzene rings is 2. The normalized spacial score (nSPS) is 11.8. The molecule has 0 saturated heterocycles. The number of carbonyl (C=O) groups excluding carboxylic acids is 1. The van der Waals surface area contributed by atoms with Gasteiger partial charge in [-0.1, -0.05) is 54.0 Å². The molecule has 26 heavy (non-hydrogen) atoms. The number of amides is 1. The molecule has 0 bridgehead atoms. The van der Waals surface area contributed by atoms with Gasteiger partial charge in [0.15, 0.2) is 6.10 Å². The van der Waals surface area contributed by atoms with Gasteiger partial charge in [-0.05, 0) is 30.7 Å². The molecule has 6 nitrogen and oxygen atoms in total. The predicted molar refractivity (Wildman–Crippen MR) is 97.7 cm³/mol. The fraction of sp³-hybridized carbons (Fsp3) is 0.211. The third-order valence-corrected chi connectivity index (χ3v) is 3.92. The molecule has 0 aliphatic carbocycles. The third-order valence-electron chi connectivity index (χ3n) is 3.67. The monoisotopic (exact) mass is 371 g/mol. The van der Waals surface area contributed by atoms with Crippen LogP contribution in [-0.2, 0) is 11.3 Å². The van der Waals surface area contributed by atoms with E-state index in [1.54, 1.807) is 24.3 Å². The van der Waals surface area contributed by atoms with Gasteiger partial charge in [-0.2, -0.15) is 4.98 Å². The van der Waals surface area contributed by atoms with Crippen LogP contribution in [0, 0.1) is 0 Å². The van der Waals surface area contributed by atoms with Crippen molar-refractivity contribution in [1.29, 1.82) is 0 Å². The lowest BCUT2D eigenvalue weighted by atomic mass is 10.2. The van der Waals surface area contributed by atoms with Gasteiger partial charge in [0.05, 0.1) is 6.54 Å². The summed E-state index contributed by atoms with van der Waals surface area (Å²) in [5, 5.41) is 7.30. The number of aromatic nitrogens is 2. The van der Waals surface area contributed by atoms with Gasteiger partial charge < -0.3 is 14.6 Å². The SMILES string of the molecule is CC[C@H](Oc1ccc(Cl)cc1)C(=O)NCc1nc(-c2ccccc2)no1. The Labute approximate surface area is 156 Å². The summed E-state index contributed by atoms with van der Waals surface area (Å²) in [7, 11) is 0. The van der Waals surface area contributed by atoms with Crippen LogP contribution in [0.2, 0.25) is 5.02 Å². The van der Waals surface area contributed by atoms with E-state index in [9.17, 15) is 4.79 Å². The Hall–Kier alpha value is -2.86. The molecule has 3 aromatic rings. The van der Waals surface area contributed by atoms with Crippen molar-refractivity contribution in [2.45, 2.75) is 26.0 Å². The third kappa shape index (κ3) is 4.61. The maximum Gasteiger partial charge on any atom is 0.261 e. The summed E-state index contributed by atoms with van der Waals surface area (Å²) in [4.78, 5) is 16.6. The van der Waals surface area contributed by atoms with E-state index in [0.717, 1.165) is 5.56 Å². The minimum atomic E-state index is -0.618. The summed E-state index contributed by atoms with van der Waals surface area (Å²) in [6.45, 7) is 2.01. The summed E-state index contributed by atoms with van der Waals surface area (Å²) in [6.07, 6.45) is -0.0965. The first kappa shape index (κ1) is 17.9. The molecule has 2 aromatic carbocycles. The molecule has 1 heterocycles. The number of hydrogen-bond acceptors (Lipinski definition) is 5. The molecule has 1 N–H and O–H groups in total. The highest BCUT2D eigenvalue weighted by Crippen LogP contribution is 2.18. The Morgan fingerprint density at radius 2 is 1.92 bits per heavy atom. The standard InChI is InChI=1S/C19H18ClN3O3/c1-2-16(25-15-10-8-14(20)9-11-15)19(24)21-12-17-22-18(23-26-17)13-6-4-3-5-7-13/h3-11,16H,2,12H2,1H3,(H,21,24)/t16-/m0/s1. The second kappa shape index (κ2) is 8.49. The summed E-state index contributed by atoms with van der Waals surface area (Å²) in [5.74, 6) is 1.15. The van der Waals surface area contributed by atoms with Crippen LogP contribution in [0.15, 0.2) is 59.1 Å². The van der Waals surface area contributed by atoms with Crippen LogP contribution in [0.3, 0.4) is 0 Å². The second-order valence-corrected chi connectivity index (χ2v) is 6.00. The van der Waals surface area contributed by atoms with Gasteiger partial charge in [0.25, 0.3) is 5.91 Å². The fourth-order valence-electron chi connectivity index (χ4n) is 2.31. The molecule has 1 atom stereocenters. The number of nitrogens with zero attached hydrogens (tertiary/aromatic N) is 2. The van der Waals surface area contributed by atoms with E-state index in [2.05, 4.69) is 15.5 Å². The summed E-state index contributed by atoms with van der Waals surface area (Å²) in [6, 6.07) is 16.4. The molecule has 0 fully saturated rings. The molecule has 0 aliphatic rings. The van der Waals surface area contributed by atoms with Crippen LogP contribution in [0.4, 0.5) is 0 Å². The number of ether oxygens (including phenoxy) is 1. The summed E-state index contributed by atoms with van der Waals surface area (Å²) in [5.41, 5.74) is 0.853. The van der Waals surface area contributed by atoms with Crippen LogP contribution in [0.1, 0.15) is 19.2 Å². The van der Waals surface area contributed by atoms with E-state index >= 15 is 0 Å². The van der Waals surface area contributed by atoms with Gasteiger partial charge in [0.1, 0.15) is 5.75 Å². The van der Waals surface area contributed by atoms with Crippen molar-refractivity contribution < 1.29 is 14.1 Å². The number of hydrogen-bond donors (Lipinski definition) is 1. The van der Waals surface area contributed by atoms with E-state index in [1.807, 2.05) is 37.3 Å². The first-order valence-corrected chi connectivity index (χ1v) is 8.61. The lowest BCUT2D eigenvalue weighted by Crippen LogP contribution is -2.37. The zero-order chi connectivity index (χ0) is 18.4. The van der Waals surface area contributed by atoms with E-state index in [1.165, 1.54) is 0 Å². The first-order chi connectivity index (χ1) is 12.7. The molecule has 7 heteroatoms. The van der Waals surface area contributed by atoms with Crippen molar-refractivity contribution in [1.82, 2.24) is 15.5 Å². The first-order valence-electron chi connectivity index (χ1n) is 8.23. The minimum absolute atomic E-state index is 0.138. The van der Waals surface area contributed by atoms with Crippen molar-refractivity contribution in [3.05, 3.63) is 65.5 Å². The van der Waals surface area contributed by atoms with E-state index in [-0.39, 0.29) is 12.5 Å². The maximum atomic E-state index is 12.3. The lowest BCUT2D eigenvalue weighted by Gasteiger charge is -2.16. The number of rotatable bonds is 7. The van der Waals surface area contributed by atoms with Crippen LogP contribution >= 0.6 is 11.6 Å². The lowest BCUT2D eigenvalue weighted by molar-refractivity contribution is -0.128. The Kier molecular flexibility index (Phi) is 5.86. The van der Waals surface area contributed by atoms with Gasteiger partial charge in [0, 0.05) is 10.6 Å². The fourth-order valence-corrected chi connectivity index (χ4v) is 2.43. The molecule has 1 amide bonds. The van der Waals surface area contributed by atoms with Gasteiger partial charge in [-0.25, -0.2) is 0 Å². The maximum absolute atomic E-state index is 12.3. The Balaban J connectivity index is 1.57. The number of carbonyl (C=O) groups is 1. The second-order valence-electron chi connectivity index (χ2n) is 5.56. The molecule has 0 radical (unpaired) electrons. The van der Waals surface area contributed by atoms with E-state index in [4.69, 9.17) is 20.9 Å². The Bertz CT molecular complexity index is 850. The van der Waals surface area contributed by atoms with E-state index in [0.29, 0.717) is 28.9 Å². The Morgan fingerprint density at radius 1 is 1.19 bits per heavy atom. The topological polar surface area (TPSA) is 77.2 Å². The highest BCUT2D eigenvalue weighted by molar-refractivity contribution is 6.30. The zero-order valence-electron chi connectivity index (χ0n) is 14.2. The van der Waals surface area contributed by atoms with Crippen LogP contribution in [0.25, 0.3) is 11.4 Å². The molecular weight excluding hydrogens is 354 g/mol. The van der Waals surface area contributed by atoms with Crippen molar-refractivity contribution in [3.8, 4) is 17.1 Å².